The molecule has 2 aromatic carbocycles. The van der Waals surface area contributed by atoms with Gasteiger partial charge in [-0.05, 0) is 60.7 Å². The van der Waals surface area contributed by atoms with Crippen LogP contribution in [0.15, 0.2) is 54.6 Å². The molecule has 0 spiro atoms. The second-order valence-electron chi connectivity index (χ2n) is 7.64. The van der Waals surface area contributed by atoms with E-state index < -0.39 is 0 Å². The maximum atomic E-state index is 12.9. The van der Waals surface area contributed by atoms with E-state index in [4.69, 9.17) is 23.2 Å². The van der Waals surface area contributed by atoms with Gasteiger partial charge in [-0.3, -0.25) is 19.3 Å². The molecule has 29 heavy (non-hydrogen) atoms. The van der Waals surface area contributed by atoms with E-state index in [2.05, 4.69) is 17.5 Å². The molecule has 5 rings (SSSR count). The molecule has 3 amide bonds. The number of carbonyl (C=O) groups excluding carboxylic acids is 3. The first kappa shape index (κ1) is 18.4. The minimum Gasteiger partial charge on any atom is -0.321 e. The van der Waals surface area contributed by atoms with Gasteiger partial charge in [-0.1, -0.05) is 35.4 Å². The summed E-state index contributed by atoms with van der Waals surface area (Å²) in [4.78, 5) is 39.5. The number of rotatable bonds is 3. The first-order valence-electron chi connectivity index (χ1n) is 9.36. The highest BCUT2D eigenvalue weighted by Gasteiger charge is 2.59. The molecule has 1 heterocycles. The molecular weight excluding hydrogens is 411 g/mol. The topological polar surface area (TPSA) is 66.5 Å². The molecule has 2 aliphatic carbocycles. The smallest absolute Gasteiger partial charge is 0.255 e. The number of fused-ring (bicyclic) bond motifs is 5. The first-order valence-corrected chi connectivity index (χ1v) is 10.1. The predicted molar refractivity (Wildman–Crippen MR) is 111 cm³/mol. The number of halogens is 2. The zero-order valence-electron chi connectivity index (χ0n) is 15.1. The van der Waals surface area contributed by atoms with Gasteiger partial charge in [0.15, 0.2) is 0 Å². The zero-order valence-corrected chi connectivity index (χ0v) is 16.7. The summed E-state index contributed by atoms with van der Waals surface area (Å²) >= 11 is 12.0. The first-order chi connectivity index (χ1) is 13.9. The van der Waals surface area contributed by atoms with Gasteiger partial charge in [0, 0.05) is 10.6 Å². The highest BCUT2D eigenvalue weighted by Crippen LogP contribution is 2.53. The van der Waals surface area contributed by atoms with Crippen molar-refractivity contribution in [2.75, 3.05) is 10.2 Å². The number of imide groups is 1. The lowest BCUT2D eigenvalue weighted by Crippen LogP contribution is -2.32. The molecular formula is C22H16Cl2N2O3. The van der Waals surface area contributed by atoms with Gasteiger partial charge in [-0.2, -0.15) is 0 Å². The minimum atomic E-state index is -0.348. The van der Waals surface area contributed by atoms with Crippen LogP contribution in [0.3, 0.4) is 0 Å². The van der Waals surface area contributed by atoms with E-state index >= 15 is 0 Å². The van der Waals surface area contributed by atoms with Crippen molar-refractivity contribution in [3.05, 3.63) is 70.2 Å². The minimum absolute atomic E-state index is 0.137. The molecule has 146 valence electrons. The lowest BCUT2D eigenvalue weighted by Gasteiger charge is -2.17. The Hall–Kier alpha value is -2.63. The molecule has 5 nitrogen and oxygen atoms in total. The van der Waals surface area contributed by atoms with Gasteiger partial charge in [0.1, 0.15) is 0 Å². The van der Waals surface area contributed by atoms with Crippen molar-refractivity contribution in [1.29, 1.82) is 0 Å². The molecule has 1 saturated heterocycles. The van der Waals surface area contributed by atoms with E-state index in [0.29, 0.717) is 27.0 Å². The standard InChI is InChI=1S/C22H16Cl2N2O3/c23-14-5-8-17(16(24)10-14)25-20(27)11-3-6-15(7-4-11)26-21(28)18-12-1-2-13(9-12)19(18)22(26)29/h1-8,10,12-13,18-19H,9H2,(H,25,27)/t12-,13+,18-,19-/m0/s1. The van der Waals surface area contributed by atoms with Crippen LogP contribution in [-0.2, 0) is 9.59 Å². The number of anilines is 2. The van der Waals surface area contributed by atoms with Crippen molar-refractivity contribution in [3.63, 3.8) is 0 Å². The number of amides is 3. The van der Waals surface area contributed by atoms with Crippen molar-refractivity contribution >= 4 is 52.3 Å². The molecule has 1 aliphatic heterocycles. The van der Waals surface area contributed by atoms with Gasteiger partial charge in [0.05, 0.1) is 28.2 Å². The lowest BCUT2D eigenvalue weighted by atomic mass is 9.85. The number of hydrogen-bond acceptors (Lipinski definition) is 3. The second-order valence-corrected chi connectivity index (χ2v) is 8.48. The zero-order chi connectivity index (χ0) is 20.3. The van der Waals surface area contributed by atoms with Crippen molar-refractivity contribution in [3.8, 4) is 0 Å². The summed E-state index contributed by atoms with van der Waals surface area (Å²) in [6.07, 6.45) is 5.03. The molecule has 2 bridgehead atoms. The molecule has 1 saturated carbocycles. The van der Waals surface area contributed by atoms with E-state index in [0.717, 1.165) is 6.42 Å². The monoisotopic (exact) mass is 426 g/mol. The Morgan fingerprint density at radius 3 is 2.14 bits per heavy atom. The Labute approximate surface area is 177 Å². The number of nitrogens with zero attached hydrogens (tertiary/aromatic N) is 1. The van der Waals surface area contributed by atoms with Crippen LogP contribution in [0.5, 0.6) is 0 Å². The molecule has 3 aliphatic rings. The van der Waals surface area contributed by atoms with E-state index in [1.54, 1.807) is 42.5 Å². The molecule has 0 radical (unpaired) electrons. The van der Waals surface area contributed by atoms with Crippen molar-refractivity contribution in [2.24, 2.45) is 23.7 Å². The van der Waals surface area contributed by atoms with Gasteiger partial charge in [0.2, 0.25) is 11.8 Å². The van der Waals surface area contributed by atoms with Gasteiger partial charge in [-0.15, -0.1) is 0 Å². The SMILES string of the molecule is O=C(Nc1ccc(Cl)cc1Cl)c1ccc(N2C(=O)[C@@H]3[C@@H](C2=O)[C@H]2C=C[C@@H]3C2)cc1. The average Bonchev–Trinajstić information content (AvgIpc) is 3.38. The van der Waals surface area contributed by atoms with Crippen LogP contribution in [0, 0.1) is 23.7 Å². The molecule has 7 heteroatoms. The van der Waals surface area contributed by atoms with Crippen LogP contribution in [0.1, 0.15) is 16.8 Å². The largest absolute Gasteiger partial charge is 0.321 e. The van der Waals surface area contributed by atoms with Crippen LogP contribution in [0.25, 0.3) is 0 Å². The third kappa shape index (κ3) is 2.88. The Morgan fingerprint density at radius 1 is 0.931 bits per heavy atom. The number of hydrogen-bond donors (Lipinski definition) is 1. The molecule has 2 fully saturated rings. The van der Waals surface area contributed by atoms with E-state index in [1.807, 2.05) is 0 Å². The summed E-state index contributed by atoms with van der Waals surface area (Å²) in [5.74, 6) is -0.774. The summed E-state index contributed by atoms with van der Waals surface area (Å²) in [5, 5.41) is 3.54. The van der Waals surface area contributed by atoms with Gasteiger partial charge >= 0.3 is 0 Å². The average molecular weight is 427 g/mol. The maximum Gasteiger partial charge on any atom is 0.255 e. The second kappa shape index (κ2) is 6.71. The Kier molecular flexibility index (Phi) is 4.26. The summed E-state index contributed by atoms with van der Waals surface area (Å²) < 4.78 is 0. The summed E-state index contributed by atoms with van der Waals surface area (Å²) in [6, 6.07) is 11.3. The van der Waals surface area contributed by atoms with E-state index in [9.17, 15) is 14.4 Å². The lowest BCUT2D eigenvalue weighted by molar-refractivity contribution is -0.123. The quantitative estimate of drug-likeness (QED) is 0.577. The van der Waals surface area contributed by atoms with Crippen LogP contribution >= 0.6 is 23.2 Å². The van der Waals surface area contributed by atoms with E-state index in [-0.39, 0.29) is 41.4 Å². The summed E-state index contributed by atoms with van der Waals surface area (Å²) in [6.45, 7) is 0. The predicted octanol–water partition coefficient (Wildman–Crippen LogP) is 4.56. The highest BCUT2D eigenvalue weighted by molar-refractivity contribution is 6.36. The third-order valence-electron chi connectivity index (χ3n) is 6.04. The number of allylic oxidation sites excluding steroid dienone is 2. The third-order valence-corrected chi connectivity index (χ3v) is 6.59. The van der Waals surface area contributed by atoms with Crippen molar-refractivity contribution < 1.29 is 14.4 Å². The fourth-order valence-electron chi connectivity index (χ4n) is 4.70. The van der Waals surface area contributed by atoms with Gasteiger partial charge < -0.3 is 5.32 Å². The van der Waals surface area contributed by atoms with Crippen molar-refractivity contribution in [2.45, 2.75) is 6.42 Å². The summed E-state index contributed by atoms with van der Waals surface area (Å²) in [7, 11) is 0. The fraction of sp³-hybridized carbons (Fsp3) is 0.227. The molecule has 0 unspecified atom stereocenters. The molecule has 0 aromatic heterocycles. The van der Waals surface area contributed by atoms with E-state index in [1.165, 1.54) is 4.90 Å². The molecule has 4 atom stereocenters. The number of nitrogens with one attached hydrogen (secondary N) is 1. The Balaban J connectivity index is 1.35. The van der Waals surface area contributed by atoms with Crippen LogP contribution < -0.4 is 10.2 Å². The normalized spacial score (nSPS) is 26.9. The van der Waals surface area contributed by atoms with Gasteiger partial charge in [0.25, 0.3) is 5.91 Å². The highest BCUT2D eigenvalue weighted by atomic mass is 35.5. The Bertz CT molecular complexity index is 1050. The van der Waals surface area contributed by atoms with Crippen LogP contribution in [0.4, 0.5) is 11.4 Å². The van der Waals surface area contributed by atoms with Crippen molar-refractivity contribution in [1.82, 2.24) is 0 Å². The molecule has 2 aromatic rings. The van der Waals surface area contributed by atoms with Crippen LogP contribution in [-0.4, -0.2) is 17.7 Å². The molecule has 1 N–H and O–H groups in total. The van der Waals surface area contributed by atoms with Gasteiger partial charge in [-0.25, -0.2) is 0 Å². The fourth-order valence-corrected chi connectivity index (χ4v) is 5.16. The Morgan fingerprint density at radius 2 is 1.55 bits per heavy atom. The summed E-state index contributed by atoms with van der Waals surface area (Å²) in [5.41, 5.74) is 1.33. The maximum absolute atomic E-state index is 12.9. The number of benzene rings is 2. The number of carbonyl (C=O) groups is 3. The van der Waals surface area contributed by atoms with Crippen LogP contribution in [0.2, 0.25) is 10.0 Å².